The van der Waals surface area contributed by atoms with Gasteiger partial charge in [0.25, 0.3) is 0 Å². The first-order chi connectivity index (χ1) is 13.6. The molecule has 0 aromatic heterocycles. The number of amides is 1. The Balaban J connectivity index is 1.87. The highest BCUT2D eigenvalue weighted by Gasteiger charge is 2.49. The van der Waals surface area contributed by atoms with Crippen LogP contribution in [-0.4, -0.2) is 31.3 Å². The first-order valence-corrected chi connectivity index (χ1v) is 10.2. The third-order valence-corrected chi connectivity index (χ3v) is 6.36. The van der Waals surface area contributed by atoms with Gasteiger partial charge in [0, 0.05) is 31.4 Å². The fourth-order valence-electron chi connectivity index (χ4n) is 4.83. The molecule has 1 aliphatic carbocycles. The fourth-order valence-corrected chi connectivity index (χ4v) is 4.83. The largest absolute Gasteiger partial charge is 0.416 e. The van der Waals surface area contributed by atoms with Crippen molar-refractivity contribution in [2.75, 3.05) is 13.7 Å². The third-order valence-electron chi connectivity index (χ3n) is 6.36. The van der Waals surface area contributed by atoms with Crippen LogP contribution in [-0.2, 0) is 20.4 Å². The van der Waals surface area contributed by atoms with Crippen molar-refractivity contribution in [2.24, 2.45) is 11.8 Å². The minimum Gasteiger partial charge on any atom is -0.384 e. The summed E-state index contributed by atoms with van der Waals surface area (Å²) in [6.45, 7) is 4.51. The topological polar surface area (TPSA) is 47.6 Å². The first kappa shape index (κ1) is 22.1. The number of ether oxygens (including phenoxy) is 2. The van der Waals surface area contributed by atoms with Crippen molar-refractivity contribution in [1.82, 2.24) is 5.32 Å². The molecule has 2 aliphatic rings. The number of halogens is 3. The molecule has 0 bridgehead atoms. The Labute approximate surface area is 170 Å². The molecule has 1 saturated heterocycles. The standard InChI is InChI=1S/C22H30F3NO3/c1-14-7-8-17-18(11-14)29-19(13-21(17,2)26-20(27)9-10-28-3)15-5-4-6-16(12-15)22(23,24)25/h4-6,12,14,17-19H,7-11,13H2,1-3H3,(H,26,27)/t14-,17-,18-,19-,21-/m1/s1. The van der Waals surface area contributed by atoms with E-state index in [1.807, 2.05) is 6.92 Å². The van der Waals surface area contributed by atoms with E-state index >= 15 is 0 Å². The molecule has 1 amide bonds. The van der Waals surface area contributed by atoms with Crippen molar-refractivity contribution in [3.63, 3.8) is 0 Å². The SMILES string of the molecule is COCCC(=O)N[C@]1(C)C[C@H](c2cccc(C(F)(F)F)c2)O[C@@H]2C[C@H](C)CC[C@H]21. The van der Waals surface area contributed by atoms with E-state index in [-0.39, 0.29) is 24.3 Å². The minimum atomic E-state index is -4.40. The quantitative estimate of drug-likeness (QED) is 0.748. The van der Waals surface area contributed by atoms with E-state index in [4.69, 9.17) is 9.47 Å². The molecule has 0 spiro atoms. The Kier molecular flexibility index (Phi) is 6.58. The van der Waals surface area contributed by atoms with Crippen LogP contribution in [0.3, 0.4) is 0 Å². The summed E-state index contributed by atoms with van der Waals surface area (Å²) in [7, 11) is 1.55. The molecule has 4 nitrogen and oxygen atoms in total. The number of benzene rings is 1. The van der Waals surface area contributed by atoms with Gasteiger partial charge in [-0.15, -0.1) is 0 Å². The van der Waals surface area contributed by atoms with Gasteiger partial charge >= 0.3 is 6.18 Å². The second kappa shape index (κ2) is 8.64. The van der Waals surface area contributed by atoms with Crippen molar-refractivity contribution in [1.29, 1.82) is 0 Å². The Morgan fingerprint density at radius 3 is 2.79 bits per heavy atom. The van der Waals surface area contributed by atoms with Gasteiger partial charge in [0.2, 0.25) is 5.91 Å². The number of alkyl halides is 3. The van der Waals surface area contributed by atoms with Crippen LogP contribution in [0.2, 0.25) is 0 Å². The van der Waals surface area contributed by atoms with Crippen LogP contribution in [0, 0.1) is 11.8 Å². The van der Waals surface area contributed by atoms with Gasteiger partial charge in [-0.1, -0.05) is 25.5 Å². The van der Waals surface area contributed by atoms with Gasteiger partial charge in [-0.2, -0.15) is 13.2 Å². The molecule has 1 heterocycles. The second-order valence-corrected chi connectivity index (χ2v) is 8.72. The summed E-state index contributed by atoms with van der Waals surface area (Å²) < 4.78 is 50.9. The monoisotopic (exact) mass is 413 g/mol. The number of hydrogen-bond donors (Lipinski definition) is 1. The average molecular weight is 413 g/mol. The third kappa shape index (κ3) is 5.12. The summed E-state index contributed by atoms with van der Waals surface area (Å²) in [6, 6.07) is 5.35. The second-order valence-electron chi connectivity index (χ2n) is 8.72. The number of fused-ring (bicyclic) bond motifs is 1. The fraction of sp³-hybridized carbons (Fsp3) is 0.682. The van der Waals surface area contributed by atoms with Gasteiger partial charge in [0.1, 0.15) is 0 Å². The highest BCUT2D eigenvalue weighted by molar-refractivity contribution is 5.77. The van der Waals surface area contributed by atoms with Crippen LogP contribution >= 0.6 is 0 Å². The number of rotatable bonds is 5. The summed E-state index contributed by atoms with van der Waals surface area (Å²) in [6.07, 6.45) is -1.42. The molecule has 1 aromatic carbocycles. The molecule has 1 N–H and O–H groups in total. The van der Waals surface area contributed by atoms with Crippen LogP contribution in [0.5, 0.6) is 0 Å². The lowest BCUT2D eigenvalue weighted by Gasteiger charge is -2.52. The van der Waals surface area contributed by atoms with E-state index in [0.717, 1.165) is 25.3 Å². The Hall–Kier alpha value is -1.60. The zero-order valence-electron chi connectivity index (χ0n) is 17.2. The van der Waals surface area contributed by atoms with Crippen LogP contribution in [0.25, 0.3) is 0 Å². The molecule has 0 unspecified atom stereocenters. The predicted octanol–water partition coefficient (Wildman–Crippen LogP) is 4.88. The predicted molar refractivity (Wildman–Crippen MR) is 103 cm³/mol. The van der Waals surface area contributed by atoms with Crippen molar-refractivity contribution in [3.8, 4) is 0 Å². The number of hydrogen-bond acceptors (Lipinski definition) is 3. The molecule has 1 aliphatic heterocycles. The van der Waals surface area contributed by atoms with Gasteiger partial charge in [-0.05, 0) is 43.4 Å². The van der Waals surface area contributed by atoms with Crippen molar-refractivity contribution in [2.45, 2.75) is 69.9 Å². The van der Waals surface area contributed by atoms with Crippen LogP contribution in [0.1, 0.15) is 63.2 Å². The summed E-state index contributed by atoms with van der Waals surface area (Å²) in [4.78, 5) is 12.5. The van der Waals surface area contributed by atoms with E-state index in [9.17, 15) is 18.0 Å². The van der Waals surface area contributed by atoms with E-state index in [0.29, 0.717) is 24.5 Å². The van der Waals surface area contributed by atoms with Gasteiger partial charge in [-0.25, -0.2) is 0 Å². The minimum absolute atomic E-state index is 0.0835. The number of nitrogens with one attached hydrogen (secondary N) is 1. The molecule has 7 heteroatoms. The number of carbonyl (C=O) groups excluding carboxylic acids is 1. The molecule has 0 radical (unpaired) electrons. The zero-order valence-corrected chi connectivity index (χ0v) is 17.2. The Bertz CT molecular complexity index is 723. The van der Waals surface area contributed by atoms with E-state index in [1.165, 1.54) is 12.1 Å². The van der Waals surface area contributed by atoms with Crippen LogP contribution in [0.4, 0.5) is 13.2 Å². The van der Waals surface area contributed by atoms with Gasteiger partial charge in [0.05, 0.1) is 24.4 Å². The van der Waals surface area contributed by atoms with E-state index < -0.39 is 23.4 Å². The molecular formula is C22H30F3NO3. The molecule has 2 fully saturated rings. The molecule has 1 saturated carbocycles. The zero-order chi connectivity index (χ0) is 21.2. The van der Waals surface area contributed by atoms with Gasteiger partial charge in [-0.3, -0.25) is 4.79 Å². The van der Waals surface area contributed by atoms with Crippen LogP contribution < -0.4 is 5.32 Å². The molecule has 1 aromatic rings. The highest BCUT2D eigenvalue weighted by Crippen LogP contribution is 2.48. The van der Waals surface area contributed by atoms with Crippen molar-refractivity contribution < 1.29 is 27.4 Å². The average Bonchev–Trinajstić information content (AvgIpc) is 2.65. The lowest BCUT2D eigenvalue weighted by Crippen LogP contribution is -2.60. The molecule has 3 rings (SSSR count). The lowest BCUT2D eigenvalue weighted by atomic mass is 9.66. The smallest absolute Gasteiger partial charge is 0.384 e. The maximum Gasteiger partial charge on any atom is 0.416 e. The summed E-state index contributed by atoms with van der Waals surface area (Å²) in [5.74, 6) is 0.536. The first-order valence-electron chi connectivity index (χ1n) is 10.2. The maximum atomic E-state index is 13.2. The molecular weight excluding hydrogens is 383 g/mol. The van der Waals surface area contributed by atoms with Gasteiger partial charge in [0.15, 0.2) is 0 Å². The number of carbonyl (C=O) groups is 1. The molecule has 5 atom stereocenters. The van der Waals surface area contributed by atoms with Crippen molar-refractivity contribution in [3.05, 3.63) is 35.4 Å². The summed E-state index contributed by atoms with van der Waals surface area (Å²) in [5, 5.41) is 3.17. The lowest BCUT2D eigenvalue weighted by molar-refractivity contribution is -0.154. The summed E-state index contributed by atoms with van der Waals surface area (Å²) >= 11 is 0. The normalized spacial score (nSPS) is 32.5. The van der Waals surface area contributed by atoms with Crippen LogP contribution in [0.15, 0.2) is 24.3 Å². The van der Waals surface area contributed by atoms with Crippen molar-refractivity contribution >= 4 is 5.91 Å². The van der Waals surface area contributed by atoms with E-state index in [2.05, 4.69) is 12.2 Å². The number of methoxy groups -OCH3 is 1. The van der Waals surface area contributed by atoms with Gasteiger partial charge < -0.3 is 14.8 Å². The Morgan fingerprint density at radius 1 is 1.34 bits per heavy atom. The molecule has 162 valence electrons. The summed E-state index contributed by atoms with van der Waals surface area (Å²) in [5.41, 5.74) is -0.704. The molecule has 29 heavy (non-hydrogen) atoms. The Morgan fingerprint density at radius 2 is 2.10 bits per heavy atom. The highest BCUT2D eigenvalue weighted by atomic mass is 19.4. The van der Waals surface area contributed by atoms with E-state index in [1.54, 1.807) is 13.2 Å². The maximum absolute atomic E-state index is 13.2.